The number of rotatable bonds is 4. The molecule has 0 amide bonds. The molecule has 0 aliphatic heterocycles. The van der Waals surface area contributed by atoms with Crippen LogP contribution in [0.25, 0.3) is 0 Å². The van der Waals surface area contributed by atoms with E-state index >= 15 is 0 Å². The lowest BCUT2D eigenvalue weighted by atomic mass is 10.2. The number of nitro benzene ring substituents is 1. The maximum Gasteiger partial charge on any atom is 0.342 e. The molecule has 2 aromatic carbocycles. The van der Waals surface area contributed by atoms with Gasteiger partial charge in [-0.3, -0.25) is 10.1 Å². The molecule has 0 radical (unpaired) electrons. The fourth-order valence-corrected chi connectivity index (χ4v) is 2.97. The van der Waals surface area contributed by atoms with Gasteiger partial charge in [0.05, 0.1) is 4.92 Å². The number of carboxylic acids is 1. The highest BCUT2D eigenvalue weighted by Gasteiger charge is 2.20. The van der Waals surface area contributed by atoms with E-state index in [-0.39, 0.29) is 5.56 Å². The molecule has 20 heavy (non-hydrogen) atoms. The predicted molar refractivity (Wildman–Crippen MR) is 78.3 cm³/mol. The Bertz CT molecular complexity index is 690. The zero-order valence-electron chi connectivity index (χ0n) is 9.95. The summed E-state index contributed by atoms with van der Waals surface area (Å²) in [6.07, 6.45) is 0. The summed E-state index contributed by atoms with van der Waals surface area (Å²) in [4.78, 5) is 22.7. The van der Waals surface area contributed by atoms with Crippen molar-refractivity contribution >= 4 is 39.3 Å². The highest BCUT2D eigenvalue weighted by atomic mass is 79.9. The van der Waals surface area contributed by atoms with Gasteiger partial charge in [-0.15, -0.1) is 0 Å². The van der Waals surface area contributed by atoms with Gasteiger partial charge in [0.1, 0.15) is 5.56 Å². The summed E-state index contributed by atoms with van der Waals surface area (Å²) < 4.78 is 0.875. The quantitative estimate of drug-likeness (QED) is 0.657. The van der Waals surface area contributed by atoms with Crippen LogP contribution in [0.2, 0.25) is 0 Å². The van der Waals surface area contributed by atoms with Crippen LogP contribution in [0.3, 0.4) is 0 Å². The number of carboxylic acid groups (broad SMARTS) is 1. The number of hydrogen-bond donors (Lipinski definition) is 1. The lowest BCUT2D eigenvalue weighted by molar-refractivity contribution is -0.385. The first-order chi connectivity index (χ1) is 9.49. The second-order valence-corrected chi connectivity index (χ2v) is 5.74. The third-order valence-corrected chi connectivity index (χ3v) is 4.48. The first kappa shape index (κ1) is 14.5. The standard InChI is InChI=1S/C13H8BrNO4S/c14-10-3-1-2-4-12(10)20-8-5-6-11(15(18)19)9(7-8)13(16)17/h1-7H,(H,16,17). The molecule has 7 heteroatoms. The van der Waals surface area contributed by atoms with Crippen molar-refractivity contribution in [1.82, 2.24) is 0 Å². The lowest BCUT2D eigenvalue weighted by Gasteiger charge is -2.05. The van der Waals surface area contributed by atoms with E-state index in [4.69, 9.17) is 5.11 Å². The van der Waals surface area contributed by atoms with E-state index in [1.54, 1.807) is 0 Å². The topological polar surface area (TPSA) is 80.4 Å². The number of aromatic carboxylic acids is 1. The van der Waals surface area contributed by atoms with E-state index in [9.17, 15) is 14.9 Å². The average molecular weight is 354 g/mol. The molecule has 0 saturated carbocycles. The van der Waals surface area contributed by atoms with Gasteiger partial charge in [-0.2, -0.15) is 0 Å². The SMILES string of the molecule is O=C(O)c1cc(Sc2ccccc2Br)ccc1[N+](=O)[O-]. The van der Waals surface area contributed by atoms with Crippen LogP contribution in [-0.2, 0) is 0 Å². The van der Waals surface area contributed by atoms with E-state index in [2.05, 4.69) is 15.9 Å². The molecular weight excluding hydrogens is 346 g/mol. The summed E-state index contributed by atoms with van der Waals surface area (Å²) in [5.41, 5.74) is -0.721. The van der Waals surface area contributed by atoms with Gasteiger partial charge in [0.25, 0.3) is 5.69 Å². The Hall–Kier alpha value is -1.86. The molecule has 0 aliphatic carbocycles. The highest BCUT2D eigenvalue weighted by Crippen LogP contribution is 2.35. The van der Waals surface area contributed by atoms with Crippen LogP contribution in [0, 0.1) is 10.1 Å². The molecule has 0 aromatic heterocycles. The van der Waals surface area contributed by atoms with E-state index in [1.807, 2.05) is 24.3 Å². The summed E-state index contributed by atoms with van der Waals surface area (Å²) in [6.45, 7) is 0. The summed E-state index contributed by atoms with van der Waals surface area (Å²) in [6, 6.07) is 11.5. The number of halogens is 1. The Morgan fingerprint density at radius 1 is 1.25 bits per heavy atom. The minimum Gasteiger partial charge on any atom is -0.477 e. The number of hydrogen-bond acceptors (Lipinski definition) is 4. The number of benzene rings is 2. The van der Waals surface area contributed by atoms with Crippen molar-refractivity contribution < 1.29 is 14.8 Å². The summed E-state index contributed by atoms with van der Waals surface area (Å²) in [7, 11) is 0. The first-order valence-corrected chi connectivity index (χ1v) is 7.04. The van der Waals surface area contributed by atoms with Gasteiger partial charge in [0.2, 0.25) is 0 Å². The Kier molecular flexibility index (Phi) is 4.41. The van der Waals surface area contributed by atoms with E-state index in [0.717, 1.165) is 9.37 Å². The van der Waals surface area contributed by atoms with Crippen LogP contribution in [0.1, 0.15) is 10.4 Å². The average Bonchev–Trinajstić information content (AvgIpc) is 2.41. The van der Waals surface area contributed by atoms with Crippen molar-refractivity contribution in [2.45, 2.75) is 9.79 Å². The molecule has 2 rings (SSSR count). The smallest absolute Gasteiger partial charge is 0.342 e. The molecule has 0 aliphatic rings. The molecule has 0 bridgehead atoms. The van der Waals surface area contributed by atoms with Gasteiger partial charge in [-0.05, 0) is 40.2 Å². The molecule has 102 valence electrons. The minimum absolute atomic E-state index is 0.313. The fraction of sp³-hybridized carbons (Fsp3) is 0. The summed E-state index contributed by atoms with van der Waals surface area (Å²) in [5.74, 6) is -1.31. The van der Waals surface area contributed by atoms with Gasteiger partial charge < -0.3 is 5.11 Å². The minimum atomic E-state index is -1.31. The molecule has 0 spiro atoms. The Morgan fingerprint density at radius 2 is 1.95 bits per heavy atom. The monoisotopic (exact) mass is 353 g/mol. The van der Waals surface area contributed by atoms with Crippen LogP contribution < -0.4 is 0 Å². The number of nitro groups is 1. The fourth-order valence-electron chi connectivity index (χ4n) is 1.56. The highest BCUT2D eigenvalue weighted by molar-refractivity contribution is 9.10. The van der Waals surface area contributed by atoms with Gasteiger partial charge in [-0.25, -0.2) is 4.79 Å². The van der Waals surface area contributed by atoms with E-state index < -0.39 is 16.6 Å². The third-order valence-electron chi connectivity index (χ3n) is 2.46. The van der Waals surface area contributed by atoms with E-state index in [0.29, 0.717) is 4.90 Å². The predicted octanol–water partition coefficient (Wildman–Crippen LogP) is 4.21. The Balaban J connectivity index is 2.40. The maximum absolute atomic E-state index is 11.1. The second kappa shape index (κ2) is 6.06. The molecule has 1 N–H and O–H groups in total. The summed E-state index contributed by atoms with van der Waals surface area (Å²) in [5, 5.41) is 19.8. The number of carbonyl (C=O) groups is 1. The van der Waals surface area contributed by atoms with Crippen molar-refractivity contribution in [1.29, 1.82) is 0 Å². The van der Waals surface area contributed by atoms with Crippen LogP contribution in [0.5, 0.6) is 0 Å². The molecular formula is C13H8BrNO4S. The van der Waals surface area contributed by atoms with Crippen molar-refractivity contribution in [3.63, 3.8) is 0 Å². The zero-order valence-corrected chi connectivity index (χ0v) is 12.3. The third kappa shape index (κ3) is 3.17. The first-order valence-electron chi connectivity index (χ1n) is 5.43. The van der Waals surface area contributed by atoms with Crippen LogP contribution in [0.15, 0.2) is 56.7 Å². The van der Waals surface area contributed by atoms with Crippen LogP contribution >= 0.6 is 27.7 Å². The maximum atomic E-state index is 11.1. The van der Waals surface area contributed by atoms with Crippen molar-refractivity contribution in [2.75, 3.05) is 0 Å². The molecule has 2 aromatic rings. The molecule has 0 fully saturated rings. The molecule has 0 heterocycles. The van der Waals surface area contributed by atoms with Gasteiger partial charge >= 0.3 is 5.97 Å². The largest absolute Gasteiger partial charge is 0.477 e. The van der Waals surface area contributed by atoms with Crippen molar-refractivity contribution in [2.24, 2.45) is 0 Å². The van der Waals surface area contributed by atoms with Gasteiger partial charge in [0.15, 0.2) is 0 Å². The van der Waals surface area contributed by atoms with Crippen molar-refractivity contribution in [3.8, 4) is 0 Å². The zero-order chi connectivity index (χ0) is 14.7. The molecule has 0 atom stereocenters. The van der Waals surface area contributed by atoms with E-state index in [1.165, 1.54) is 30.0 Å². The van der Waals surface area contributed by atoms with Crippen LogP contribution in [-0.4, -0.2) is 16.0 Å². The normalized spacial score (nSPS) is 10.2. The number of nitrogens with zero attached hydrogens (tertiary/aromatic N) is 1. The molecule has 5 nitrogen and oxygen atoms in total. The second-order valence-electron chi connectivity index (χ2n) is 3.77. The van der Waals surface area contributed by atoms with Gasteiger partial charge in [0, 0.05) is 20.3 Å². The molecule has 0 unspecified atom stereocenters. The Labute approximate surface area is 126 Å². The van der Waals surface area contributed by atoms with Crippen molar-refractivity contribution in [3.05, 3.63) is 62.6 Å². The Morgan fingerprint density at radius 3 is 2.55 bits per heavy atom. The lowest BCUT2D eigenvalue weighted by Crippen LogP contribution is -2.02. The molecule has 0 saturated heterocycles. The van der Waals surface area contributed by atoms with Gasteiger partial charge in [-0.1, -0.05) is 23.9 Å². The summed E-state index contributed by atoms with van der Waals surface area (Å²) >= 11 is 4.73. The van der Waals surface area contributed by atoms with Crippen LogP contribution in [0.4, 0.5) is 5.69 Å².